The molecule has 0 aromatic heterocycles. The average Bonchev–Trinajstić information content (AvgIpc) is 2.43. The van der Waals surface area contributed by atoms with E-state index in [4.69, 9.17) is 9.84 Å². The fraction of sp³-hybridized carbons (Fsp3) is 0.769. The highest BCUT2D eigenvalue weighted by atomic mass is 16.5. The summed E-state index contributed by atoms with van der Waals surface area (Å²) < 4.78 is 4.77. The molecule has 0 aromatic carbocycles. The largest absolute Gasteiger partial charge is 0.480 e. The van der Waals surface area contributed by atoms with Gasteiger partial charge in [0.25, 0.3) is 0 Å². The molecular formula is C13H22N2O5. The molecule has 0 bridgehead atoms. The monoisotopic (exact) mass is 286 g/mol. The zero-order valence-corrected chi connectivity index (χ0v) is 11.8. The van der Waals surface area contributed by atoms with Crippen LogP contribution in [0.15, 0.2) is 0 Å². The summed E-state index contributed by atoms with van der Waals surface area (Å²) in [6, 6.07) is -1.12. The predicted octanol–water partition coefficient (Wildman–Crippen LogP) is 0.978. The molecule has 1 saturated heterocycles. The predicted molar refractivity (Wildman–Crippen MR) is 71.2 cm³/mol. The minimum atomic E-state index is -0.966. The fourth-order valence-corrected chi connectivity index (χ4v) is 2.19. The van der Waals surface area contributed by atoms with Crippen LogP contribution in [0.3, 0.4) is 0 Å². The molecule has 1 fully saturated rings. The Hall–Kier alpha value is -1.79. The SMILES string of the molecule is CCOC(=O)CCCNC(=O)N1CCCCC1C(=O)O. The van der Waals surface area contributed by atoms with Crippen molar-refractivity contribution in [2.45, 2.75) is 45.1 Å². The Morgan fingerprint density at radius 2 is 2.10 bits per heavy atom. The molecule has 1 atom stereocenters. The Morgan fingerprint density at radius 3 is 2.75 bits per heavy atom. The third-order valence-electron chi connectivity index (χ3n) is 3.19. The molecule has 1 unspecified atom stereocenters. The molecule has 1 aliphatic rings. The summed E-state index contributed by atoms with van der Waals surface area (Å²) in [6.45, 7) is 2.88. The van der Waals surface area contributed by atoms with Crippen LogP contribution in [-0.4, -0.2) is 53.7 Å². The van der Waals surface area contributed by atoms with E-state index < -0.39 is 12.0 Å². The zero-order chi connectivity index (χ0) is 15.0. The van der Waals surface area contributed by atoms with Crippen molar-refractivity contribution in [2.75, 3.05) is 19.7 Å². The van der Waals surface area contributed by atoms with Gasteiger partial charge in [-0.25, -0.2) is 9.59 Å². The van der Waals surface area contributed by atoms with Crippen molar-refractivity contribution in [3.05, 3.63) is 0 Å². The number of ether oxygens (including phenoxy) is 1. The van der Waals surface area contributed by atoms with Gasteiger partial charge in [-0.3, -0.25) is 4.79 Å². The molecule has 114 valence electrons. The van der Waals surface area contributed by atoms with E-state index in [2.05, 4.69) is 5.32 Å². The quantitative estimate of drug-likeness (QED) is 0.560. The smallest absolute Gasteiger partial charge is 0.326 e. The van der Waals surface area contributed by atoms with Crippen molar-refractivity contribution in [1.82, 2.24) is 10.2 Å². The number of hydrogen-bond acceptors (Lipinski definition) is 4. The number of piperidine rings is 1. The lowest BCUT2D eigenvalue weighted by Crippen LogP contribution is -2.52. The molecule has 2 amide bonds. The van der Waals surface area contributed by atoms with Gasteiger partial charge in [-0.2, -0.15) is 0 Å². The van der Waals surface area contributed by atoms with Crippen LogP contribution < -0.4 is 5.32 Å². The number of esters is 1. The minimum Gasteiger partial charge on any atom is -0.480 e. The van der Waals surface area contributed by atoms with E-state index in [9.17, 15) is 14.4 Å². The summed E-state index contributed by atoms with van der Waals surface area (Å²) in [5.41, 5.74) is 0. The topological polar surface area (TPSA) is 95.9 Å². The molecule has 2 N–H and O–H groups in total. The zero-order valence-electron chi connectivity index (χ0n) is 11.8. The van der Waals surface area contributed by atoms with Gasteiger partial charge in [0.1, 0.15) is 6.04 Å². The van der Waals surface area contributed by atoms with Crippen LogP contribution in [0.2, 0.25) is 0 Å². The van der Waals surface area contributed by atoms with Crippen LogP contribution in [0.1, 0.15) is 39.0 Å². The van der Waals surface area contributed by atoms with Crippen molar-refractivity contribution >= 4 is 18.0 Å². The highest BCUT2D eigenvalue weighted by Crippen LogP contribution is 2.17. The van der Waals surface area contributed by atoms with Gasteiger partial charge in [0, 0.05) is 19.5 Å². The Labute approximate surface area is 118 Å². The fourth-order valence-electron chi connectivity index (χ4n) is 2.19. The summed E-state index contributed by atoms with van der Waals surface area (Å²) >= 11 is 0. The number of nitrogens with zero attached hydrogens (tertiary/aromatic N) is 1. The van der Waals surface area contributed by atoms with E-state index in [0.29, 0.717) is 32.5 Å². The average molecular weight is 286 g/mol. The van der Waals surface area contributed by atoms with Crippen LogP contribution in [0.5, 0.6) is 0 Å². The van der Waals surface area contributed by atoms with Crippen molar-refractivity contribution in [2.24, 2.45) is 0 Å². The minimum absolute atomic E-state index is 0.247. The number of carbonyl (C=O) groups excluding carboxylic acids is 2. The number of hydrogen-bond donors (Lipinski definition) is 2. The third kappa shape index (κ3) is 5.07. The first-order valence-corrected chi connectivity index (χ1v) is 6.99. The molecule has 20 heavy (non-hydrogen) atoms. The van der Waals surface area contributed by atoms with Crippen LogP contribution >= 0.6 is 0 Å². The number of nitrogens with one attached hydrogen (secondary N) is 1. The molecule has 0 aliphatic carbocycles. The second-order valence-electron chi connectivity index (χ2n) is 4.68. The van der Waals surface area contributed by atoms with Gasteiger partial charge in [-0.05, 0) is 32.6 Å². The van der Waals surface area contributed by atoms with Crippen LogP contribution in [0, 0.1) is 0 Å². The third-order valence-corrected chi connectivity index (χ3v) is 3.19. The molecule has 7 nitrogen and oxygen atoms in total. The lowest BCUT2D eigenvalue weighted by atomic mass is 10.0. The molecule has 1 aliphatic heterocycles. The van der Waals surface area contributed by atoms with Gasteiger partial charge in [0.2, 0.25) is 0 Å². The number of amides is 2. The van der Waals surface area contributed by atoms with Gasteiger partial charge in [-0.15, -0.1) is 0 Å². The van der Waals surface area contributed by atoms with Gasteiger partial charge in [0.15, 0.2) is 0 Å². The summed E-state index contributed by atoms with van der Waals surface area (Å²) in [4.78, 5) is 35.5. The summed E-state index contributed by atoms with van der Waals surface area (Å²) in [5.74, 6) is -1.26. The van der Waals surface area contributed by atoms with Crippen LogP contribution in [0.25, 0.3) is 0 Å². The maximum Gasteiger partial charge on any atom is 0.326 e. The number of carboxylic acids is 1. The summed E-state index contributed by atoms with van der Waals surface area (Å²) in [5, 5.41) is 11.7. The first-order chi connectivity index (χ1) is 9.56. The Balaban J connectivity index is 2.30. The summed E-state index contributed by atoms with van der Waals surface area (Å²) in [7, 11) is 0. The number of urea groups is 1. The van der Waals surface area contributed by atoms with Crippen molar-refractivity contribution in [3.63, 3.8) is 0 Å². The molecule has 0 saturated carbocycles. The molecule has 1 heterocycles. The number of carboxylic acid groups (broad SMARTS) is 1. The molecule has 7 heteroatoms. The maximum absolute atomic E-state index is 11.9. The molecule has 1 rings (SSSR count). The van der Waals surface area contributed by atoms with E-state index in [1.807, 2.05) is 0 Å². The van der Waals surface area contributed by atoms with Crippen molar-refractivity contribution in [3.8, 4) is 0 Å². The molecule has 0 radical (unpaired) electrons. The first-order valence-electron chi connectivity index (χ1n) is 6.99. The van der Waals surface area contributed by atoms with Crippen LogP contribution in [0.4, 0.5) is 4.79 Å². The number of likely N-dealkylation sites (tertiary alicyclic amines) is 1. The summed E-state index contributed by atoms with van der Waals surface area (Å²) in [6.07, 6.45) is 2.86. The van der Waals surface area contributed by atoms with Gasteiger partial charge in [0.05, 0.1) is 6.61 Å². The molecule has 0 spiro atoms. The lowest BCUT2D eigenvalue weighted by molar-refractivity contribution is -0.143. The first kappa shape index (κ1) is 16.3. The van der Waals surface area contributed by atoms with Crippen LogP contribution in [-0.2, 0) is 14.3 Å². The number of aliphatic carboxylic acids is 1. The Bertz CT molecular complexity index is 359. The second kappa shape index (κ2) is 8.39. The highest BCUT2D eigenvalue weighted by molar-refractivity contribution is 5.82. The van der Waals surface area contributed by atoms with Gasteiger partial charge >= 0.3 is 18.0 Å². The second-order valence-corrected chi connectivity index (χ2v) is 4.68. The maximum atomic E-state index is 11.9. The normalized spacial score (nSPS) is 18.4. The Kier molecular flexibility index (Phi) is 6.83. The van der Waals surface area contributed by atoms with Gasteiger partial charge < -0.3 is 20.1 Å². The van der Waals surface area contributed by atoms with E-state index in [1.165, 1.54) is 4.90 Å². The lowest BCUT2D eigenvalue weighted by Gasteiger charge is -2.32. The van der Waals surface area contributed by atoms with E-state index in [0.717, 1.165) is 12.8 Å². The standard InChI is InChI=1S/C13H22N2O5/c1-2-20-11(16)7-5-8-14-13(19)15-9-4-3-6-10(15)12(17)18/h10H,2-9H2,1H3,(H,14,19)(H,17,18). The Morgan fingerprint density at radius 1 is 1.35 bits per heavy atom. The molecular weight excluding hydrogens is 264 g/mol. The van der Waals surface area contributed by atoms with E-state index >= 15 is 0 Å². The van der Waals surface area contributed by atoms with Gasteiger partial charge in [-0.1, -0.05) is 0 Å². The van der Waals surface area contributed by atoms with E-state index in [-0.39, 0.29) is 18.4 Å². The number of carbonyl (C=O) groups is 3. The van der Waals surface area contributed by atoms with E-state index in [1.54, 1.807) is 6.92 Å². The highest BCUT2D eigenvalue weighted by Gasteiger charge is 2.31. The van der Waals surface area contributed by atoms with Crippen molar-refractivity contribution < 1.29 is 24.2 Å². The molecule has 0 aromatic rings. The number of rotatable bonds is 6. The van der Waals surface area contributed by atoms with Crippen molar-refractivity contribution in [1.29, 1.82) is 0 Å².